The third-order valence-electron chi connectivity index (χ3n) is 3.80. The predicted molar refractivity (Wildman–Crippen MR) is 70.6 cm³/mol. The molecule has 0 aliphatic heterocycles. The number of rotatable bonds is 4. The highest BCUT2D eigenvalue weighted by Crippen LogP contribution is 2.59. The van der Waals surface area contributed by atoms with Crippen molar-refractivity contribution in [2.75, 3.05) is 6.61 Å². The molecule has 0 aromatic carbocycles. The maximum atomic E-state index is 11.5. The SMILES string of the molecule is C/C=C(\C)C(=O)OCC1C(C=C(C)C)C1(C)C. The summed E-state index contributed by atoms with van der Waals surface area (Å²) >= 11 is 0. The van der Waals surface area contributed by atoms with E-state index in [4.69, 9.17) is 4.74 Å². The normalized spacial score (nSPS) is 26.4. The molecule has 2 unspecified atom stereocenters. The molecule has 1 rings (SSSR count). The number of hydrogen-bond acceptors (Lipinski definition) is 2. The highest BCUT2D eigenvalue weighted by Gasteiger charge is 2.56. The standard InChI is InChI=1S/C15H24O2/c1-7-11(4)14(16)17-9-13-12(8-10(2)3)15(13,5)6/h7-8,12-13H,9H2,1-6H3/b11-7+. The summed E-state index contributed by atoms with van der Waals surface area (Å²) in [6, 6.07) is 0. The lowest BCUT2D eigenvalue weighted by Gasteiger charge is -2.05. The summed E-state index contributed by atoms with van der Waals surface area (Å²) in [5.74, 6) is 0.823. The van der Waals surface area contributed by atoms with Crippen LogP contribution in [-0.4, -0.2) is 12.6 Å². The molecule has 0 heterocycles. The molecule has 96 valence electrons. The molecule has 2 heteroatoms. The Balaban J connectivity index is 2.50. The number of hydrogen-bond donors (Lipinski definition) is 0. The molecule has 1 saturated carbocycles. The van der Waals surface area contributed by atoms with E-state index in [0.717, 1.165) is 0 Å². The monoisotopic (exact) mass is 236 g/mol. The maximum Gasteiger partial charge on any atom is 0.333 e. The first-order valence-corrected chi connectivity index (χ1v) is 6.25. The van der Waals surface area contributed by atoms with Gasteiger partial charge in [0.25, 0.3) is 0 Å². The van der Waals surface area contributed by atoms with E-state index in [1.54, 1.807) is 13.0 Å². The Bertz CT molecular complexity index is 357. The van der Waals surface area contributed by atoms with Crippen LogP contribution >= 0.6 is 0 Å². The van der Waals surface area contributed by atoms with Crippen LogP contribution in [0.1, 0.15) is 41.5 Å². The molecular weight excluding hydrogens is 212 g/mol. The molecule has 0 radical (unpaired) electrons. The molecule has 1 aliphatic rings. The van der Waals surface area contributed by atoms with Gasteiger partial charge in [0.15, 0.2) is 0 Å². The Morgan fingerprint density at radius 1 is 1.29 bits per heavy atom. The van der Waals surface area contributed by atoms with E-state index < -0.39 is 0 Å². The Kier molecular flexibility index (Phi) is 4.18. The molecule has 0 amide bonds. The molecule has 1 fully saturated rings. The van der Waals surface area contributed by atoms with Gasteiger partial charge in [0.2, 0.25) is 0 Å². The van der Waals surface area contributed by atoms with Crippen LogP contribution in [0.5, 0.6) is 0 Å². The van der Waals surface area contributed by atoms with Crippen LogP contribution in [0.3, 0.4) is 0 Å². The van der Waals surface area contributed by atoms with E-state index in [1.165, 1.54) is 5.57 Å². The lowest BCUT2D eigenvalue weighted by molar-refractivity contribution is -0.139. The van der Waals surface area contributed by atoms with Crippen LogP contribution in [0, 0.1) is 17.3 Å². The van der Waals surface area contributed by atoms with Gasteiger partial charge in [-0.05, 0) is 39.0 Å². The highest BCUT2D eigenvalue weighted by molar-refractivity contribution is 5.87. The van der Waals surface area contributed by atoms with Crippen LogP contribution in [0.2, 0.25) is 0 Å². The van der Waals surface area contributed by atoms with E-state index in [2.05, 4.69) is 33.8 Å². The summed E-state index contributed by atoms with van der Waals surface area (Å²) in [6.45, 7) is 12.9. The lowest BCUT2D eigenvalue weighted by atomic mass is 10.1. The molecule has 0 saturated heterocycles. The van der Waals surface area contributed by atoms with Crippen molar-refractivity contribution in [3.8, 4) is 0 Å². The quantitative estimate of drug-likeness (QED) is 0.422. The zero-order valence-electron chi connectivity index (χ0n) is 11.8. The molecule has 1 aliphatic carbocycles. The first kappa shape index (κ1) is 14.0. The Labute approximate surface area is 105 Å². The fourth-order valence-electron chi connectivity index (χ4n) is 2.19. The van der Waals surface area contributed by atoms with Crippen LogP contribution in [0.4, 0.5) is 0 Å². The second-order valence-corrected chi connectivity index (χ2v) is 5.77. The number of esters is 1. The largest absolute Gasteiger partial charge is 0.462 e. The van der Waals surface area contributed by atoms with E-state index in [0.29, 0.717) is 24.0 Å². The van der Waals surface area contributed by atoms with Crippen molar-refractivity contribution >= 4 is 5.97 Å². The average Bonchev–Trinajstić information content (AvgIpc) is 2.74. The number of allylic oxidation sites excluding steroid dienone is 3. The maximum absolute atomic E-state index is 11.5. The van der Waals surface area contributed by atoms with Crippen molar-refractivity contribution in [3.63, 3.8) is 0 Å². The third-order valence-corrected chi connectivity index (χ3v) is 3.80. The van der Waals surface area contributed by atoms with Gasteiger partial charge in [-0.3, -0.25) is 0 Å². The van der Waals surface area contributed by atoms with Gasteiger partial charge in [-0.25, -0.2) is 4.79 Å². The summed E-state index contributed by atoms with van der Waals surface area (Å²) < 4.78 is 5.33. The topological polar surface area (TPSA) is 26.3 Å². The summed E-state index contributed by atoms with van der Waals surface area (Å²) in [5, 5.41) is 0. The number of carbonyl (C=O) groups is 1. The number of carbonyl (C=O) groups excluding carboxylic acids is 1. The van der Waals surface area contributed by atoms with Crippen LogP contribution in [0.25, 0.3) is 0 Å². The van der Waals surface area contributed by atoms with Gasteiger partial charge in [0.1, 0.15) is 0 Å². The zero-order chi connectivity index (χ0) is 13.2. The Hall–Kier alpha value is -1.05. The van der Waals surface area contributed by atoms with Gasteiger partial charge < -0.3 is 4.74 Å². The fraction of sp³-hybridized carbons (Fsp3) is 0.667. The first-order chi connectivity index (χ1) is 7.80. The minimum Gasteiger partial charge on any atom is -0.462 e. The van der Waals surface area contributed by atoms with Gasteiger partial charge in [-0.1, -0.05) is 31.6 Å². The van der Waals surface area contributed by atoms with Gasteiger partial charge >= 0.3 is 5.97 Å². The summed E-state index contributed by atoms with van der Waals surface area (Å²) in [6.07, 6.45) is 4.08. The smallest absolute Gasteiger partial charge is 0.333 e. The van der Waals surface area contributed by atoms with E-state index in [-0.39, 0.29) is 11.4 Å². The Morgan fingerprint density at radius 2 is 1.88 bits per heavy atom. The van der Waals surface area contributed by atoms with Crippen molar-refractivity contribution in [2.24, 2.45) is 17.3 Å². The van der Waals surface area contributed by atoms with Crippen LogP contribution < -0.4 is 0 Å². The molecule has 2 atom stereocenters. The highest BCUT2D eigenvalue weighted by atomic mass is 16.5. The van der Waals surface area contributed by atoms with Crippen LogP contribution in [0.15, 0.2) is 23.3 Å². The van der Waals surface area contributed by atoms with Gasteiger partial charge in [-0.2, -0.15) is 0 Å². The lowest BCUT2D eigenvalue weighted by Crippen LogP contribution is -2.10. The molecule has 0 spiro atoms. The van der Waals surface area contributed by atoms with Gasteiger partial charge in [0.05, 0.1) is 6.61 Å². The van der Waals surface area contributed by atoms with E-state index in [9.17, 15) is 4.79 Å². The number of ether oxygens (including phenoxy) is 1. The van der Waals surface area contributed by atoms with Crippen molar-refractivity contribution in [1.82, 2.24) is 0 Å². The summed E-state index contributed by atoms with van der Waals surface area (Å²) in [7, 11) is 0. The molecule has 17 heavy (non-hydrogen) atoms. The zero-order valence-corrected chi connectivity index (χ0v) is 11.8. The van der Waals surface area contributed by atoms with Gasteiger partial charge in [-0.15, -0.1) is 0 Å². The Morgan fingerprint density at radius 3 is 2.35 bits per heavy atom. The molecule has 0 bridgehead atoms. The summed E-state index contributed by atoms with van der Waals surface area (Å²) in [5.41, 5.74) is 2.28. The molecular formula is C15H24O2. The van der Waals surface area contributed by atoms with E-state index in [1.807, 2.05) is 6.92 Å². The molecule has 0 aromatic rings. The van der Waals surface area contributed by atoms with Crippen molar-refractivity contribution < 1.29 is 9.53 Å². The van der Waals surface area contributed by atoms with Gasteiger partial charge in [0, 0.05) is 11.5 Å². The minimum absolute atomic E-state index is 0.189. The third kappa shape index (κ3) is 3.21. The summed E-state index contributed by atoms with van der Waals surface area (Å²) in [4.78, 5) is 11.5. The second kappa shape index (κ2) is 5.07. The molecule has 0 N–H and O–H groups in total. The first-order valence-electron chi connectivity index (χ1n) is 6.25. The molecule has 0 aromatic heterocycles. The van der Waals surface area contributed by atoms with E-state index >= 15 is 0 Å². The van der Waals surface area contributed by atoms with Crippen LogP contribution in [-0.2, 0) is 9.53 Å². The fourth-order valence-corrected chi connectivity index (χ4v) is 2.19. The second-order valence-electron chi connectivity index (χ2n) is 5.77. The van der Waals surface area contributed by atoms with Crippen molar-refractivity contribution in [1.29, 1.82) is 0 Å². The van der Waals surface area contributed by atoms with Crippen molar-refractivity contribution in [3.05, 3.63) is 23.3 Å². The average molecular weight is 236 g/mol. The predicted octanol–water partition coefficient (Wildman–Crippen LogP) is 3.73. The van der Waals surface area contributed by atoms with Crippen molar-refractivity contribution in [2.45, 2.75) is 41.5 Å². The minimum atomic E-state index is -0.189. The molecule has 2 nitrogen and oxygen atoms in total.